The van der Waals surface area contributed by atoms with Crippen LogP contribution in [0.2, 0.25) is 0 Å². The van der Waals surface area contributed by atoms with E-state index in [-0.39, 0.29) is 5.54 Å². The number of hydrogen-bond acceptors (Lipinski definition) is 3. The molecule has 1 aromatic carbocycles. The highest BCUT2D eigenvalue weighted by Crippen LogP contribution is 2.23. The number of nitrogens with zero attached hydrogens (tertiary/aromatic N) is 1. The molecule has 3 heteroatoms. The van der Waals surface area contributed by atoms with Crippen LogP contribution in [0.4, 0.5) is 0 Å². The van der Waals surface area contributed by atoms with Gasteiger partial charge >= 0.3 is 0 Å². The molecule has 0 radical (unpaired) electrons. The van der Waals surface area contributed by atoms with Gasteiger partial charge in [-0.1, -0.05) is 26.0 Å². The van der Waals surface area contributed by atoms with Crippen LogP contribution in [0, 0.1) is 5.92 Å². The third-order valence-electron chi connectivity index (χ3n) is 4.22. The standard InChI is InChI=1S/C18H30N2O/c1-14(2)10-16-11-19-18(3,4)13-20(16)12-15-6-8-17(21-5)9-7-15/h6-9,14,16,19H,10-13H2,1-5H3. The second-order valence-electron chi connectivity index (χ2n) is 7.30. The lowest BCUT2D eigenvalue weighted by Gasteiger charge is -2.45. The molecule has 1 aliphatic heterocycles. The Hall–Kier alpha value is -1.06. The minimum absolute atomic E-state index is 0.194. The molecule has 1 N–H and O–H groups in total. The lowest BCUT2D eigenvalue weighted by molar-refractivity contribution is 0.0760. The van der Waals surface area contributed by atoms with E-state index < -0.39 is 0 Å². The Balaban J connectivity index is 2.07. The first-order valence-corrected chi connectivity index (χ1v) is 8.01. The molecule has 0 aromatic heterocycles. The fourth-order valence-electron chi connectivity index (χ4n) is 3.14. The van der Waals surface area contributed by atoms with E-state index in [1.807, 2.05) is 0 Å². The summed E-state index contributed by atoms with van der Waals surface area (Å²) in [6.45, 7) is 12.4. The normalized spacial score (nSPS) is 22.5. The number of piperazine rings is 1. The number of benzene rings is 1. The molecular formula is C18H30N2O. The van der Waals surface area contributed by atoms with E-state index in [1.54, 1.807) is 7.11 Å². The molecule has 2 rings (SSSR count). The topological polar surface area (TPSA) is 24.5 Å². The average Bonchev–Trinajstić information content (AvgIpc) is 2.42. The van der Waals surface area contributed by atoms with Crippen LogP contribution in [0.5, 0.6) is 5.75 Å². The van der Waals surface area contributed by atoms with E-state index in [0.717, 1.165) is 31.3 Å². The monoisotopic (exact) mass is 290 g/mol. The summed E-state index contributed by atoms with van der Waals surface area (Å²) in [7, 11) is 1.71. The van der Waals surface area contributed by atoms with Crippen molar-refractivity contribution in [2.75, 3.05) is 20.2 Å². The van der Waals surface area contributed by atoms with Crippen LogP contribution in [-0.4, -0.2) is 36.7 Å². The number of methoxy groups -OCH3 is 1. The first-order chi connectivity index (χ1) is 9.89. The van der Waals surface area contributed by atoms with Gasteiger partial charge in [0.15, 0.2) is 0 Å². The summed E-state index contributed by atoms with van der Waals surface area (Å²) in [6.07, 6.45) is 1.25. The van der Waals surface area contributed by atoms with Crippen molar-refractivity contribution in [2.24, 2.45) is 5.92 Å². The van der Waals surface area contributed by atoms with Crippen molar-refractivity contribution in [3.63, 3.8) is 0 Å². The van der Waals surface area contributed by atoms with Crippen molar-refractivity contribution in [3.05, 3.63) is 29.8 Å². The fraction of sp³-hybridized carbons (Fsp3) is 0.667. The van der Waals surface area contributed by atoms with Gasteiger partial charge < -0.3 is 10.1 Å². The summed E-state index contributed by atoms with van der Waals surface area (Å²) in [4.78, 5) is 2.64. The molecule has 3 nitrogen and oxygen atoms in total. The van der Waals surface area contributed by atoms with Gasteiger partial charge in [-0.05, 0) is 43.9 Å². The molecule has 1 aliphatic rings. The first-order valence-electron chi connectivity index (χ1n) is 8.01. The highest BCUT2D eigenvalue weighted by atomic mass is 16.5. The van der Waals surface area contributed by atoms with Crippen molar-refractivity contribution in [2.45, 2.75) is 52.2 Å². The maximum absolute atomic E-state index is 5.24. The number of hydrogen-bond donors (Lipinski definition) is 1. The van der Waals surface area contributed by atoms with E-state index in [9.17, 15) is 0 Å². The molecule has 1 atom stereocenters. The summed E-state index contributed by atoms with van der Waals surface area (Å²) in [5.74, 6) is 1.66. The SMILES string of the molecule is COc1ccc(CN2CC(C)(C)NCC2CC(C)C)cc1. The molecule has 1 fully saturated rings. The maximum Gasteiger partial charge on any atom is 0.118 e. The van der Waals surface area contributed by atoms with Crippen LogP contribution >= 0.6 is 0 Å². The second-order valence-corrected chi connectivity index (χ2v) is 7.30. The molecular weight excluding hydrogens is 260 g/mol. The van der Waals surface area contributed by atoms with Crippen molar-refractivity contribution < 1.29 is 4.74 Å². The van der Waals surface area contributed by atoms with Crippen molar-refractivity contribution in [3.8, 4) is 5.75 Å². The summed E-state index contributed by atoms with van der Waals surface area (Å²) in [5, 5.41) is 3.69. The molecule has 118 valence electrons. The molecule has 0 bridgehead atoms. The van der Waals surface area contributed by atoms with Crippen LogP contribution in [0.25, 0.3) is 0 Å². The Morgan fingerprint density at radius 3 is 2.52 bits per heavy atom. The smallest absolute Gasteiger partial charge is 0.118 e. The van der Waals surface area contributed by atoms with Gasteiger partial charge in [-0.3, -0.25) is 4.90 Å². The summed E-state index contributed by atoms with van der Waals surface area (Å²) in [5.41, 5.74) is 1.56. The molecule has 0 spiro atoms. The van der Waals surface area contributed by atoms with Gasteiger partial charge in [-0.15, -0.1) is 0 Å². The fourth-order valence-corrected chi connectivity index (χ4v) is 3.14. The molecule has 1 aromatic rings. The molecule has 1 unspecified atom stereocenters. The second kappa shape index (κ2) is 6.80. The van der Waals surface area contributed by atoms with Gasteiger partial charge in [0, 0.05) is 31.2 Å². The zero-order valence-electron chi connectivity index (χ0n) is 14.1. The Morgan fingerprint density at radius 1 is 1.29 bits per heavy atom. The molecule has 0 aliphatic carbocycles. The predicted molar refractivity (Wildman–Crippen MR) is 88.7 cm³/mol. The van der Waals surface area contributed by atoms with E-state index in [0.29, 0.717) is 6.04 Å². The quantitative estimate of drug-likeness (QED) is 0.900. The van der Waals surface area contributed by atoms with Crippen LogP contribution in [0.1, 0.15) is 39.7 Å². The number of rotatable bonds is 5. The van der Waals surface area contributed by atoms with Crippen molar-refractivity contribution >= 4 is 0 Å². The van der Waals surface area contributed by atoms with E-state index in [2.05, 4.69) is 62.2 Å². The van der Waals surface area contributed by atoms with Gasteiger partial charge in [0.2, 0.25) is 0 Å². The maximum atomic E-state index is 5.24. The van der Waals surface area contributed by atoms with Gasteiger partial charge in [0.05, 0.1) is 7.11 Å². The van der Waals surface area contributed by atoms with Gasteiger partial charge in [0.1, 0.15) is 5.75 Å². The van der Waals surface area contributed by atoms with Crippen LogP contribution in [-0.2, 0) is 6.54 Å². The van der Waals surface area contributed by atoms with Crippen molar-refractivity contribution in [1.29, 1.82) is 0 Å². The minimum Gasteiger partial charge on any atom is -0.497 e. The Morgan fingerprint density at radius 2 is 1.95 bits per heavy atom. The molecule has 21 heavy (non-hydrogen) atoms. The van der Waals surface area contributed by atoms with Gasteiger partial charge in [-0.25, -0.2) is 0 Å². The number of ether oxygens (including phenoxy) is 1. The summed E-state index contributed by atoms with van der Waals surface area (Å²) < 4.78 is 5.24. The summed E-state index contributed by atoms with van der Waals surface area (Å²) in [6, 6.07) is 9.10. The van der Waals surface area contributed by atoms with Crippen LogP contribution in [0.15, 0.2) is 24.3 Å². The van der Waals surface area contributed by atoms with Crippen LogP contribution in [0.3, 0.4) is 0 Å². The minimum atomic E-state index is 0.194. The highest BCUT2D eigenvalue weighted by molar-refractivity contribution is 5.27. The highest BCUT2D eigenvalue weighted by Gasteiger charge is 2.32. The Bertz CT molecular complexity index is 439. The first kappa shape index (κ1) is 16.3. The van der Waals surface area contributed by atoms with E-state index in [1.165, 1.54) is 12.0 Å². The molecule has 1 saturated heterocycles. The molecule has 1 heterocycles. The Kier molecular flexibility index (Phi) is 5.28. The average molecular weight is 290 g/mol. The Labute approximate surface area is 129 Å². The largest absolute Gasteiger partial charge is 0.497 e. The van der Waals surface area contributed by atoms with E-state index in [4.69, 9.17) is 4.74 Å². The van der Waals surface area contributed by atoms with Crippen LogP contribution < -0.4 is 10.1 Å². The zero-order chi connectivity index (χ0) is 15.5. The van der Waals surface area contributed by atoms with Gasteiger partial charge in [0.25, 0.3) is 0 Å². The zero-order valence-corrected chi connectivity index (χ0v) is 14.1. The van der Waals surface area contributed by atoms with Gasteiger partial charge in [-0.2, -0.15) is 0 Å². The lowest BCUT2D eigenvalue weighted by Crippen LogP contribution is -2.61. The number of nitrogens with one attached hydrogen (secondary N) is 1. The summed E-state index contributed by atoms with van der Waals surface area (Å²) >= 11 is 0. The lowest BCUT2D eigenvalue weighted by atomic mass is 9.93. The third-order valence-corrected chi connectivity index (χ3v) is 4.22. The third kappa shape index (κ3) is 4.72. The molecule has 0 saturated carbocycles. The van der Waals surface area contributed by atoms with Crippen molar-refractivity contribution in [1.82, 2.24) is 10.2 Å². The molecule has 0 amide bonds. The predicted octanol–water partition coefficient (Wildman–Crippen LogP) is 3.29. The van der Waals surface area contributed by atoms with E-state index >= 15 is 0 Å².